The lowest BCUT2D eigenvalue weighted by atomic mass is 10.1. The summed E-state index contributed by atoms with van der Waals surface area (Å²) in [6.07, 6.45) is 3.07. The molecule has 130 valence electrons. The third kappa shape index (κ3) is 3.92. The predicted octanol–water partition coefficient (Wildman–Crippen LogP) is 3.82. The van der Waals surface area contributed by atoms with Gasteiger partial charge in [0, 0.05) is 61.3 Å². The van der Waals surface area contributed by atoms with Gasteiger partial charge in [0.25, 0.3) is 0 Å². The number of rotatable bonds is 5. The Morgan fingerprint density at radius 1 is 0.880 bits per heavy atom. The number of hydrogen-bond acceptors (Lipinski definition) is 3. The number of aromatic amines is 1. The van der Waals surface area contributed by atoms with Gasteiger partial charge in [0.05, 0.1) is 0 Å². The Morgan fingerprint density at radius 3 is 2.44 bits per heavy atom. The highest BCUT2D eigenvalue weighted by Gasteiger charge is 2.17. The van der Waals surface area contributed by atoms with E-state index >= 15 is 0 Å². The number of nitrogens with zero attached hydrogens (tertiary/aromatic N) is 2. The fourth-order valence-electron chi connectivity index (χ4n) is 3.70. The molecule has 0 bridgehead atoms. The first-order chi connectivity index (χ1) is 12.3. The van der Waals surface area contributed by atoms with E-state index < -0.39 is 0 Å². The number of fused-ring (bicyclic) bond motifs is 1. The van der Waals surface area contributed by atoms with Crippen LogP contribution in [-0.4, -0.2) is 47.5 Å². The topological polar surface area (TPSA) is 22.3 Å². The van der Waals surface area contributed by atoms with E-state index in [-0.39, 0.29) is 0 Å². The lowest BCUT2D eigenvalue weighted by molar-refractivity contribution is 0.128. The minimum atomic E-state index is 1.03. The summed E-state index contributed by atoms with van der Waals surface area (Å²) < 4.78 is 0. The van der Waals surface area contributed by atoms with Crippen LogP contribution in [0.15, 0.2) is 59.6 Å². The molecule has 0 spiro atoms. The Morgan fingerprint density at radius 2 is 1.64 bits per heavy atom. The molecule has 0 atom stereocenters. The molecule has 25 heavy (non-hydrogen) atoms. The second-order valence-corrected chi connectivity index (χ2v) is 7.35. The molecule has 0 unspecified atom stereocenters. The number of thiol groups is 1. The van der Waals surface area contributed by atoms with Crippen LogP contribution in [0.1, 0.15) is 11.1 Å². The zero-order valence-corrected chi connectivity index (χ0v) is 15.4. The van der Waals surface area contributed by atoms with Gasteiger partial charge in [-0.1, -0.05) is 48.5 Å². The van der Waals surface area contributed by atoms with Gasteiger partial charge in [-0.2, -0.15) is 0 Å². The number of hydrogen-bond donors (Lipinski definition) is 2. The number of para-hydroxylation sites is 1. The molecular weight excluding hydrogens is 326 g/mol. The van der Waals surface area contributed by atoms with Crippen LogP contribution >= 0.6 is 12.6 Å². The summed E-state index contributed by atoms with van der Waals surface area (Å²) in [7, 11) is 0. The second-order valence-electron chi connectivity index (χ2n) is 6.87. The second kappa shape index (κ2) is 7.65. The molecule has 1 aromatic heterocycles. The largest absolute Gasteiger partial charge is 0.360 e. The summed E-state index contributed by atoms with van der Waals surface area (Å²) >= 11 is 4.52. The van der Waals surface area contributed by atoms with Crippen LogP contribution in [0, 0.1) is 0 Å². The smallest absolute Gasteiger partial charge is 0.0498 e. The quantitative estimate of drug-likeness (QED) is 0.682. The Kier molecular flexibility index (Phi) is 5.11. The number of aromatic nitrogens is 1. The van der Waals surface area contributed by atoms with Crippen LogP contribution in [-0.2, 0) is 13.0 Å². The van der Waals surface area contributed by atoms with Crippen molar-refractivity contribution in [2.45, 2.75) is 17.9 Å². The van der Waals surface area contributed by atoms with Crippen molar-refractivity contribution >= 4 is 23.5 Å². The summed E-state index contributed by atoms with van der Waals surface area (Å²) in [5.74, 6) is 0. The highest BCUT2D eigenvalue weighted by Crippen LogP contribution is 2.24. The maximum Gasteiger partial charge on any atom is 0.0498 e. The molecule has 0 radical (unpaired) electrons. The van der Waals surface area contributed by atoms with Crippen molar-refractivity contribution in [3.63, 3.8) is 0 Å². The normalized spacial score (nSPS) is 16.5. The van der Waals surface area contributed by atoms with Gasteiger partial charge in [0.2, 0.25) is 0 Å². The summed E-state index contributed by atoms with van der Waals surface area (Å²) in [5.41, 5.74) is 4.05. The molecule has 0 aliphatic carbocycles. The van der Waals surface area contributed by atoms with Crippen molar-refractivity contribution in [1.29, 1.82) is 0 Å². The lowest BCUT2D eigenvalue weighted by Gasteiger charge is -2.34. The first kappa shape index (κ1) is 16.7. The molecule has 1 saturated heterocycles. The minimum absolute atomic E-state index is 1.03. The minimum Gasteiger partial charge on any atom is -0.360 e. The molecule has 4 rings (SSSR count). The van der Waals surface area contributed by atoms with E-state index in [0.29, 0.717) is 0 Å². The lowest BCUT2D eigenvalue weighted by Crippen LogP contribution is -2.46. The maximum absolute atomic E-state index is 4.52. The van der Waals surface area contributed by atoms with Crippen molar-refractivity contribution in [3.05, 3.63) is 65.9 Å². The summed E-state index contributed by atoms with van der Waals surface area (Å²) in [5, 5.41) is 1.23. The molecule has 2 aromatic carbocycles. The van der Waals surface area contributed by atoms with E-state index in [9.17, 15) is 0 Å². The van der Waals surface area contributed by atoms with Gasteiger partial charge in [-0.3, -0.25) is 4.90 Å². The molecule has 3 aromatic rings. The Bertz CT molecular complexity index is 820. The molecule has 4 heteroatoms. The van der Waals surface area contributed by atoms with Crippen LogP contribution in [0.3, 0.4) is 0 Å². The van der Waals surface area contributed by atoms with Gasteiger partial charge in [-0.25, -0.2) is 0 Å². The number of H-pyrrole nitrogens is 1. The average Bonchev–Trinajstić information content (AvgIpc) is 3.04. The first-order valence-electron chi connectivity index (χ1n) is 9.06. The van der Waals surface area contributed by atoms with Crippen molar-refractivity contribution in [2.24, 2.45) is 0 Å². The first-order valence-corrected chi connectivity index (χ1v) is 9.51. The van der Waals surface area contributed by atoms with Crippen molar-refractivity contribution in [2.75, 3.05) is 32.7 Å². The Hall–Kier alpha value is -1.75. The monoisotopic (exact) mass is 351 g/mol. The van der Waals surface area contributed by atoms with Crippen LogP contribution in [0.25, 0.3) is 10.9 Å². The van der Waals surface area contributed by atoms with Crippen LogP contribution < -0.4 is 0 Å². The van der Waals surface area contributed by atoms with Crippen molar-refractivity contribution < 1.29 is 0 Å². The molecule has 0 amide bonds. The van der Waals surface area contributed by atoms with E-state index in [4.69, 9.17) is 0 Å². The van der Waals surface area contributed by atoms with Gasteiger partial charge in [-0.15, -0.1) is 12.6 Å². The fourth-order valence-corrected chi connectivity index (χ4v) is 3.95. The Balaban J connectivity index is 1.30. The Labute approximate surface area is 155 Å². The zero-order chi connectivity index (χ0) is 17.1. The third-order valence-corrected chi connectivity index (χ3v) is 5.56. The van der Waals surface area contributed by atoms with Gasteiger partial charge < -0.3 is 9.88 Å². The van der Waals surface area contributed by atoms with E-state index in [0.717, 1.165) is 50.6 Å². The number of piperazine rings is 1. The molecular formula is C21H25N3S. The maximum atomic E-state index is 4.52. The predicted molar refractivity (Wildman–Crippen MR) is 107 cm³/mol. The van der Waals surface area contributed by atoms with Gasteiger partial charge in [0.15, 0.2) is 0 Å². The molecule has 1 fully saturated rings. The number of benzene rings is 2. The molecule has 1 aliphatic rings. The standard InChI is InChI=1S/C21H25N3S/c25-20-15-22-21-18(7-4-8-19(20)21)9-10-23-11-13-24(14-12-23)16-17-5-2-1-3-6-17/h1-8,15,22,25H,9-14,16H2. The van der Waals surface area contributed by atoms with Gasteiger partial charge in [-0.05, 0) is 17.5 Å². The fraction of sp³-hybridized carbons (Fsp3) is 0.333. The third-order valence-electron chi connectivity index (χ3n) is 5.19. The summed E-state index contributed by atoms with van der Waals surface area (Å²) in [4.78, 5) is 9.56. The van der Waals surface area contributed by atoms with Crippen LogP contribution in [0.2, 0.25) is 0 Å². The molecule has 2 heterocycles. The summed E-state index contributed by atoms with van der Waals surface area (Å²) in [6, 6.07) is 17.3. The van der Waals surface area contributed by atoms with E-state index in [2.05, 4.69) is 75.9 Å². The van der Waals surface area contributed by atoms with E-state index in [1.807, 2.05) is 6.20 Å². The van der Waals surface area contributed by atoms with E-state index in [1.54, 1.807) is 0 Å². The van der Waals surface area contributed by atoms with Crippen LogP contribution in [0.4, 0.5) is 0 Å². The molecule has 3 nitrogen and oxygen atoms in total. The number of nitrogens with one attached hydrogen (secondary N) is 1. The van der Waals surface area contributed by atoms with Crippen molar-refractivity contribution in [1.82, 2.24) is 14.8 Å². The van der Waals surface area contributed by atoms with Gasteiger partial charge in [0.1, 0.15) is 0 Å². The SMILES string of the molecule is Sc1c[nH]c2c(CCN3CCN(Cc4ccccc4)CC3)cccc12. The summed E-state index contributed by atoms with van der Waals surface area (Å²) in [6.45, 7) is 6.82. The van der Waals surface area contributed by atoms with E-state index in [1.165, 1.54) is 22.0 Å². The molecule has 1 aliphatic heterocycles. The highest BCUT2D eigenvalue weighted by molar-refractivity contribution is 7.80. The average molecular weight is 352 g/mol. The molecule has 0 saturated carbocycles. The van der Waals surface area contributed by atoms with Crippen molar-refractivity contribution in [3.8, 4) is 0 Å². The highest BCUT2D eigenvalue weighted by atomic mass is 32.1. The molecule has 1 N–H and O–H groups in total. The zero-order valence-electron chi connectivity index (χ0n) is 14.5. The van der Waals surface area contributed by atoms with Gasteiger partial charge >= 0.3 is 0 Å². The van der Waals surface area contributed by atoms with Crippen LogP contribution in [0.5, 0.6) is 0 Å².